The van der Waals surface area contributed by atoms with Crippen molar-refractivity contribution in [1.29, 1.82) is 0 Å². The molecule has 0 fully saturated rings. The molecule has 24 heavy (non-hydrogen) atoms. The molecule has 1 atom stereocenters. The highest BCUT2D eigenvalue weighted by atomic mass is 32.1. The van der Waals surface area contributed by atoms with Gasteiger partial charge in [-0.1, -0.05) is 12.1 Å². The summed E-state index contributed by atoms with van der Waals surface area (Å²) in [6.07, 6.45) is 5.59. The molecule has 2 N–H and O–H groups in total. The molecule has 0 saturated carbocycles. The summed E-state index contributed by atoms with van der Waals surface area (Å²) in [4.78, 5) is 8.73. The zero-order chi connectivity index (χ0) is 16.8. The van der Waals surface area contributed by atoms with Crippen LogP contribution in [0.15, 0.2) is 54.2 Å². The minimum atomic E-state index is 0.223. The van der Waals surface area contributed by atoms with E-state index in [1.807, 2.05) is 24.3 Å². The summed E-state index contributed by atoms with van der Waals surface area (Å²) in [6.45, 7) is 3.03. The first-order valence-corrected chi connectivity index (χ1v) is 8.97. The third-order valence-corrected chi connectivity index (χ3v) is 4.82. The van der Waals surface area contributed by atoms with E-state index in [-0.39, 0.29) is 6.04 Å². The predicted molar refractivity (Wildman–Crippen MR) is 98.2 cm³/mol. The van der Waals surface area contributed by atoms with Gasteiger partial charge in [0.05, 0.1) is 10.7 Å². The number of aromatic nitrogens is 2. The highest BCUT2D eigenvalue weighted by Gasteiger charge is 2.07. The molecule has 0 unspecified atom stereocenters. The van der Waals surface area contributed by atoms with Crippen LogP contribution in [-0.4, -0.2) is 21.6 Å². The van der Waals surface area contributed by atoms with E-state index in [0.717, 1.165) is 41.2 Å². The van der Waals surface area contributed by atoms with Gasteiger partial charge in [-0.25, -0.2) is 4.98 Å². The van der Waals surface area contributed by atoms with Gasteiger partial charge in [0.15, 0.2) is 0 Å². The molecule has 124 valence electrons. The van der Waals surface area contributed by atoms with Crippen molar-refractivity contribution in [2.45, 2.75) is 25.8 Å². The number of phenolic OH excluding ortho intramolecular Hbond substituents is 1. The summed E-state index contributed by atoms with van der Waals surface area (Å²) < 4.78 is 0. The number of benzene rings is 1. The molecular weight excluding hydrogens is 318 g/mol. The Morgan fingerprint density at radius 1 is 1.21 bits per heavy atom. The Labute approximate surface area is 146 Å². The lowest BCUT2D eigenvalue weighted by Crippen LogP contribution is -2.20. The molecule has 0 aliphatic carbocycles. The van der Waals surface area contributed by atoms with Crippen LogP contribution in [0.1, 0.15) is 30.0 Å². The summed E-state index contributed by atoms with van der Waals surface area (Å²) in [5.74, 6) is 0.313. The number of aryl methyl sites for hydroxylation is 1. The summed E-state index contributed by atoms with van der Waals surface area (Å²) in [5, 5.41) is 16.3. The van der Waals surface area contributed by atoms with Gasteiger partial charge in [-0.3, -0.25) is 4.98 Å². The molecular formula is C19H21N3OS. The number of hydrogen-bond donors (Lipinski definition) is 2. The Morgan fingerprint density at radius 3 is 2.83 bits per heavy atom. The maximum Gasteiger partial charge on any atom is 0.115 e. The van der Waals surface area contributed by atoms with Crippen molar-refractivity contribution >= 4 is 11.3 Å². The molecule has 3 rings (SSSR count). The molecule has 0 aliphatic heterocycles. The van der Waals surface area contributed by atoms with E-state index in [1.165, 1.54) is 0 Å². The molecule has 0 bridgehead atoms. The number of nitrogens with zero attached hydrogens (tertiary/aromatic N) is 2. The van der Waals surface area contributed by atoms with Gasteiger partial charge >= 0.3 is 0 Å². The summed E-state index contributed by atoms with van der Waals surface area (Å²) in [5.41, 5.74) is 3.24. The minimum absolute atomic E-state index is 0.223. The van der Waals surface area contributed by atoms with Gasteiger partial charge in [-0.05, 0) is 49.7 Å². The van der Waals surface area contributed by atoms with Gasteiger partial charge in [-0.2, -0.15) is 0 Å². The molecule has 5 heteroatoms. The van der Waals surface area contributed by atoms with Crippen molar-refractivity contribution < 1.29 is 5.11 Å². The molecule has 2 aromatic heterocycles. The molecule has 0 amide bonds. The number of nitrogens with one attached hydrogen (secondary N) is 1. The highest BCUT2D eigenvalue weighted by Crippen LogP contribution is 2.22. The van der Waals surface area contributed by atoms with Crippen molar-refractivity contribution in [3.63, 3.8) is 0 Å². The molecule has 0 spiro atoms. The Morgan fingerprint density at radius 2 is 2.04 bits per heavy atom. The number of thiazole rings is 1. The van der Waals surface area contributed by atoms with Crippen LogP contribution in [0.5, 0.6) is 5.75 Å². The minimum Gasteiger partial charge on any atom is -0.508 e. The molecule has 0 radical (unpaired) electrons. The lowest BCUT2D eigenvalue weighted by molar-refractivity contribution is 0.472. The van der Waals surface area contributed by atoms with E-state index in [9.17, 15) is 5.11 Å². The predicted octanol–water partition coefficient (Wildman–Crippen LogP) is 4.19. The Balaban J connectivity index is 1.46. The number of pyridine rings is 1. The van der Waals surface area contributed by atoms with Crippen LogP contribution in [0, 0.1) is 0 Å². The van der Waals surface area contributed by atoms with Crippen molar-refractivity contribution in [3.05, 3.63) is 64.7 Å². The molecule has 2 heterocycles. The van der Waals surface area contributed by atoms with E-state index < -0.39 is 0 Å². The molecule has 3 aromatic rings. The second-order valence-electron chi connectivity index (χ2n) is 5.74. The summed E-state index contributed by atoms with van der Waals surface area (Å²) >= 11 is 1.71. The second-order valence-corrected chi connectivity index (χ2v) is 6.68. The van der Waals surface area contributed by atoms with Crippen LogP contribution in [-0.2, 0) is 6.42 Å². The number of phenols is 1. The van der Waals surface area contributed by atoms with Crippen LogP contribution >= 0.6 is 11.3 Å². The molecule has 4 nitrogen and oxygen atoms in total. The van der Waals surface area contributed by atoms with Crippen molar-refractivity contribution in [2.75, 3.05) is 6.54 Å². The van der Waals surface area contributed by atoms with Gasteiger partial charge < -0.3 is 10.4 Å². The van der Waals surface area contributed by atoms with E-state index in [2.05, 4.69) is 22.6 Å². The maximum atomic E-state index is 9.54. The van der Waals surface area contributed by atoms with Gasteiger partial charge in [0.1, 0.15) is 5.75 Å². The largest absolute Gasteiger partial charge is 0.508 e. The summed E-state index contributed by atoms with van der Waals surface area (Å²) in [7, 11) is 0. The number of hydrogen-bond acceptors (Lipinski definition) is 5. The number of rotatable bonds is 7. The second kappa shape index (κ2) is 8.04. The first-order chi connectivity index (χ1) is 11.7. The third kappa shape index (κ3) is 4.40. The van der Waals surface area contributed by atoms with Gasteiger partial charge in [-0.15, -0.1) is 11.3 Å². The normalized spacial score (nSPS) is 12.2. The standard InChI is InChI=1S/C19H21N3OS/c1-14(16-4-2-5-17(23)12-16)21-9-3-6-19-22-18(13-24-19)15-7-10-20-11-8-15/h2,4-5,7-8,10-14,21,23H,3,6,9H2,1H3/t14-/m1/s1. The zero-order valence-electron chi connectivity index (χ0n) is 13.6. The van der Waals surface area contributed by atoms with Gasteiger partial charge in [0.25, 0.3) is 0 Å². The van der Waals surface area contributed by atoms with Crippen LogP contribution in [0.2, 0.25) is 0 Å². The van der Waals surface area contributed by atoms with E-state index >= 15 is 0 Å². The molecule has 0 aliphatic rings. The van der Waals surface area contributed by atoms with Crippen molar-refractivity contribution in [1.82, 2.24) is 15.3 Å². The van der Waals surface area contributed by atoms with E-state index in [0.29, 0.717) is 5.75 Å². The van der Waals surface area contributed by atoms with Crippen LogP contribution in [0.4, 0.5) is 0 Å². The molecule has 1 aromatic carbocycles. The Bertz CT molecular complexity index is 773. The van der Waals surface area contributed by atoms with E-state index in [4.69, 9.17) is 4.98 Å². The SMILES string of the molecule is C[C@@H](NCCCc1nc(-c2ccncc2)cs1)c1cccc(O)c1. The zero-order valence-corrected chi connectivity index (χ0v) is 14.5. The average molecular weight is 339 g/mol. The van der Waals surface area contributed by atoms with Crippen molar-refractivity contribution in [3.8, 4) is 17.0 Å². The quantitative estimate of drug-likeness (QED) is 0.634. The van der Waals surface area contributed by atoms with Gasteiger partial charge in [0, 0.05) is 35.8 Å². The first-order valence-electron chi connectivity index (χ1n) is 8.09. The van der Waals surface area contributed by atoms with Crippen LogP contribution < -0.4 is 5.32 Å². The fraction of sp³-hybridized carbons (Fsp3) is 0.263. The Kier molecular flexibility index (Phi) is 5.56. The fourth-order valence-corrected chi connectivity index (χ4v) is 3.40. The van der Waals surface area contributed by atoms with E-state index in [1.54, 1.807) is 35.9 Å². The highest BCUT2D eigenvalue weighted by molar-refractivity contribution is 7.09. The Hall–Kier alpha value is -2.24. The lowest BCUT2D eigenvalue weighted by Gasteiger charge is -2.14. The monoisotopic (exact) mass is 339 g/mol. The molecule has 0 saturated heterocycles. The van der Waals surface area contributed by atoms with Crippen molar-refractivity contribution in [2.24, 2.45) is 0 Å². The third-order valence-electron chi connectivity index (χ3n) is 3.92. The maximum absolute atomic E-state index is 9.54. The van der Waals surface area contributed by atoms with Crippen LogP contribution in [0.25, 0.3) is 11.3 Å². The topological polar surface area (TPSA) is 58.0 Å². The fourth-order valence-electron chi connectivity index (χ4n) is 2.55. The first kappa shape index (κ1) is 16.6. The summed E-state index contributed by atoms with van der Waals surface area (Å²) in [6, 6.07) is 11.6. The smallest absolute Gasteiger partial charge is 0.115 e. The lowest BCUT2D eigenvalue weighted by atomic mass is 10.1. The van der Waals surface area contributed by atoms with Crippen LogP contribution in [0.3, 0.4) is 0 Å². The average Bonchev–Trinajstić information content (AvgIpc) is 3.08. The van der Waals surface area contributed by atoms with Gasteiger partial charge in [0.2, 0.25) is 0 Å². The number of aromatic hydroxyl groups is 1.